The highest BCUT2D eigenvalue weighted by Crippen LogP contribution is 2.24. The maximum Gasteiger partial charge on any atom is 0.254 e. The van der Waals surface area contributed by atoms with Crippen LogP contribution in [0.2, 0.25) is 0 Å². The highest BCUT2D eigenvalue weighted by Gasteiger charge is 2.23. The third-order valence-electron chi connectivity index (χ3n) is 3.55. The summed E-state index contributed by atoms with van der Waals surface area (Å²) in [6, 6.07) is 2.01. The standard InChI is InChI=1S/C13H20N2O2/c1-9-4-2-3-5-12(9)15-13(16)10-6-11(7-14)17-8-10/h6,8-9,12H,2-5,7,14H2,1H3,(H,15,16). The molecule has 1 fully saturated rings. The number of nitrogens with one attached hydrogen (secondary N) is 1. The zero-order chi connectivity index (χ0) is 12.3. The maximum atomic E-state index is 12.0. The molecule has 94 valence electrons. The molecule has 1 saturated carbocycles. The Morgan fingerprint density at radius 2 is 2.29 bits per heavy atom. The summed E-state index contributed by atoms with van der Waals surface area (Å²) in [6.07, 6.45) is 6.23. The lowest BCUT2D eigenvalue weighted by Crippen LogP contribution is -2.40. The van der Waals surface area contributed by atoms with Gasteiger partial charge in [-0.05, 0) is 24.8 Å². The quantitative estimate of drug-likeness (QED) is 0.844. The van der Waals surface area contributed by atoms with Crippen molar-refractivity contribution in [3.05, 3.63) is 23.7 Å². The Bertz CT molecular complexity index is 387. The number of hydrogen-bond acceptors (Lipinski definition) is 3. The van der Waals surface area contributed by atoms with Crippen molar-refractivity contribution in [2.45, 2.75) is 45.2 Å². The summed E-state index contributed by atoms with van der Waals surface area (Å²) in [7, 11) is 0. The predicted molar refractivity (Wildman–Crippen MR) is 65.5 cm³/mol. The molecule has 1 heterocycles. The lowest BCUT2D eigenvalue weighted by Gasteiger charge is -2.29. The molecule has 2 unspecified atom stereocenters. The van der Waals surface area contributed by atoms with Crippen LogP contribution in [0.4, 0.5) is 0 Å². The summed E-state index contributed by atoms with van der Waals surface area (Å²) in [6.45, 7) is 2.53. The molecule has 2 atom stereocenters. The molecule has 4 heteroatoms. The minimum atomic E-state index is -0.0489. The molecule has 1 aromatic heterocycles. The number of carbonyl (C=O) groups is 1. The molecule has 1 amide bonds. The van der Waals surface area contributed by atoms with Crippen molar-refractivity contribution in [3.8, 4) is 0 Å². The van der Waals surface area contributed by atoms with Crippen molar-refractivity contribution in [1.29, 1.82) is 0 Å². The Kier molecular flexibility index (Phi) is 3.84. The first-order valence-corrected chi connectivity index (χ1v) is 6.29. The summed E-state index contributed by atoms with van der Waals surface area (Å²) in [5.41, 5.74) is 6.02. The van der Waals surface area contributed by atoms with Gasteiger partial charge in [-0.15, -0.1) is 0 Å². The van der Waals surface area contributed by atoms with Gasteiger partial charge >= 0.3 is 0 Å². The van der Waals surface area contributed by atoms with Crippen LogP contribution in [0.15, 0.2) is 16.7 Å². The first-order valence-electron chi connectivity index (χ1n) is 6.29. The van der Waals surface area contributed by atoms with Crippen LogP contribution in [-0.2, 0) is 6.54 Å². The van der Waals surface area contributed by atoms with E-state index in [4.69, 9.17) is 10.2 Å². The normalized spacial score (nSPS) is 24.6. The van der Waals surface area contributed by atoms with E-state index in [-0.39, 0.29) is 5.91 Å². The fraction of sp³-hybridized carbons (Fsp3) is 0.615. The van der Waals surface area contributed by atoms with Crippen molar-refractivity contribution in [1.82, 2.24) is 5.32 Å². The summed E-state index contributed by atoms with van der Waals surface area (Å²) in [5, 5.41) is 3.08. The summed E-state index contributed by atoms with van der Waals surface area (Å²) in [4.78, 5) is 12.0. The van der Waals surface area contributed by atoms with Gasteiger partial charge in [0.15, 0.2) is 0 Å². The van der Waals surface area contributed by atoms with Gasteiger partial charge in [-0.1, -0.05) is 19.8 Å². The fourth-order valence-corrected chi connectivity index (χ4v) is 2.39. The van der Waals surface area contributed by atoms with Gasteiger partial charge in [-0.25, -0.2) is 0 Å². The summed E-state index contributed by atoms with van der Waals surface area (Å²) < 4.78 is 5.17. The molecular weight excluding hydrogens is 216 g/mol. The first-order chi connectivity index (χ1) is 8.20. The van der Waals surface area contributed by atoms with Crippen molar-refractivity contribution in [2.24, 2.45) is 11.7 Å². The number of carbonyl (C=O) groups excluding carboxylic acids is 1. The highest BCUT2D eigenvalue weighted by atomic mass is 16.3. The molecule has 1 aliphatic carbocycles. The van der Waals surface area contributed by atoms with Gasteiger partial charge in [0.25, 0.3) is 5.91 Å². The van der Waals surface area contributed by atoms with E-state index in [0.29, 0.717) is 29.8 Å². The van der Waals surface area contributed by atoms with Crippen molar-refractivity contribution >= 4 is 5.91 Å². The highest BCUT2D eigenvalue weighted by molar-refractivity contribution is 5.94. The van der Waals surface area contributed by atoms with Gasteiger partial charge in [-0.3, -0.25) is 4.79 Å². The van der Waals surface area contributed by atoms with Crippen LogP contribution in [0, 0.1) is 5.92 Å². The van der Waals surface area contributed by atoms with E-state index in [1.807, 2.05) is 0 Å². The Balaban J connectivity index is 1.96. The molecule has 4 nitrogen and oxygen atoms in total. The van der Waals surface area contributed by atoms with Crippen LogP contribution in [-0.4, -0.2) is 11.9 Å². The van der Waals surface area contributed by atoms with Crippen molar-refractivity contribution in [2.75, 3.05) is 0 Å². The molecule has 0 aliphatic heterocycles. The summed E-state index contributed by atoms with van der Waals surface area (Å²) >= 11 is 0. The first kappa shape index (κ1) is 12.2. The second-order valence-electron chi connectivity index (χ2n) is 4.85. The van der Waals surface area contributed by atoms with Crippen LogP contribution < -0.4 is 11.1 Å². The molecular formula is C13H20N2O2. The maximum absolute atomic E-state index is 12.0. The molecule has 0 spiro atoms. The van der Waals surface area contributed by atoms with E-state index in [9.17, 15) is 4.79 Å². The molecule has 1 aliphatic rings. The largest absolute Gasteiger partial charge is 0.467 e. The van der Waals surface area contributed by atoms with E-state index >= 15 is 0 Å². The predicted octanol–water partition coefficient (Wildman–Crippen LogP) is 2.05. The number of amides is 1. The van der Waals surface area contributed by atoms with Crippen LogP contribution in [0.3, 0.4) is 0 Å². The third kappa shape index (κ3) is 2.88. The molecule has 3 N–H and O–H groups in total. The second kappa shape index (κ2) is 5.36. The van der Waals surface area contributed by atoms with Gasteiger partial charge < -0.3 is 15.5 Å². The van der Waals surface area contributed by atoms with Crippen LogP contribution in [0.5, 0.6) is 0 Å². The van der Waals surface area contributed by atoms with Crippen LogP contribution >= 0.6 is 0 Å². The number of nitrogens with two attached hydrogens (primary N) is 1. The van der Waals surface area contributed by atoms with Gasteiger partial charge in [0.2, 0.25) is 0 Å². The molecule has 1 aromatic rings. The van der Waals surface area contributed by atoms with Crippen molar-refractivity contribution in [3.63, 3.8) is 0 Å². The molecule has 0 saturated heterocycles. The lowest BCUT2D eigenvalue weighted by atomic mass is 9.86. The smallest absolute Gasteiger partial charge is 0.254 e. The minimum Gasteiger partial charge on any atom is -0.467 e. The van der Waals surface area contributed by atoms with Crippen molar-refractivity contribution < 1.29 is 9.21 Å². The zero-order valence-corrected chi connectivity index (χ0v) is 10.2. The molecule has 0 radical (unpaired) electrons. The van der Waals surface area contributed by atoms with Crippen LogP contribution in [0.1, 0.15) is 48.7 Å². The molecule has 2 rings (SSSR count). The Morgan fingerprint density at radius 3 is 2.94 bits per heavy atom. The Morgan fingerprint density at radius 1 is 1.53 bits per heavy atom. The Labute approximate surface area is 102 Å². The molecule has 0 aromatic carbocycles. The molecule has 0 bridgehead atoms. The summed E-state index contributed by atoms with van der Waals surface area (Å²) in [5.74, 6) is 1.16. The topological polar surface area (TPSA) is 68.3 Å². The number of rotatable bonds is 3. The average molecular weight is 236 g/mol. The zero-order valence-electron chi connectivity index (χ0n) is 10.2. The SMILES string of the molecule is CC1CCCCC1NC(=O)c1coc(CN)c1. The van der Waals surface area contributed by atoms with Gasteiger partial charge in [0.05, 0.1) is 12.1 Å². The average Bonchev–Trinajstić information content (AvgIpc) is 2.81. The number of furan rings is 1. The van der Waals surface area contributed by atoms with E-state index < -0.39 is 0 Å². The second-order valence-corrected chi connectivity index (χ2v) is 4.85. The lowest BCUT2D eigenvalue weighted by molar-refractivity contribution is 0.0909. The third-order valence-corrected chi connectivity index (χ3v) is 3.55. The number of hydrogen-bond donors (Lipinski definition) is 2. The Hall–Kier alpha value is -1.29. The van der Waals surface area contributed by atoms with Gasteiger partial charge in [0, 0.05) is 6.04 Å². The van der Waals surface area contributed by atoms with E-state index in [1.165, 1.54) is 25.5 Å². The molecule has 17 heavy (non-hydrogen) atoms. The van der Waals surface area contributed by atoms with Gasteiger partial charge in [0.1, 0.15) is 12.0 Å². The van der Waals surface area contributed by atoms with Gasteiger partial charge in [-0.2, -0.15) is 0 Å². The van der Waals surface area contributed by atoms with E-state index in [1.54, 1.807) is 6.07 Å². The van der Waals surface area contributed by atoms with E-state index in [0.717, 1.165) is 6.42 Å². The minimum absolute atomic E-state index is 0.0489. The monoisotopic (exact) mass is 236 g/mol. The van der Waals surface area contributed by atoms with E-state index in [2.05, 4.69) is 12.2 Å². The fourth-order valence-electron chi connectivity index (χ4n) is 2.39. The van der Waals surface area contributed by atoms with Crippen LogP contribution in [0.25, 0.3) is 0 Å².